The molecule has 1 aromatic heterocycles. The van der Waals surface area contributed by atoms with Crippen LogP contribution in [-0.2, 0) is 32.7 Å². The van der Waals surface area contributed by atoms with E-state index in [4.69, 9.17) is 0 Å². The van der Waals surface area contributed by atoms with Gasteiger partial charge in [0.25, 0.3) is 0 Å². The Morgan fingerprint density at radius 3 is 2.00 bits per heavy atom. The second kappa shape index (κ2) is 11.0. The molecule has 0 bridgehead atoms. The van der Waals surface area contributed by atoms with Gasteiger partial charge in [0.15, 0.2) is 0 Å². The molecule has 1 radical (unpaired) electrons. The van der Waals surface area contributed by atoms with Gasteiger partial charge in [-0.25, -0.2) is 12.1 Å². The molecule has 0 fully saturated rings. The smallest absolute Gasteiger partial charge is 0 e. The standard InChI is InChI=1S/C4H3N2.C2H6.Y/c1-2-4-6-5-3-1;1-2;/h1,3-4H;1-2H3;/q-1;;. The van der Waals surface area contributed by atoms with Crippen LogP contribution in [0.3, 0.4) is 0 Å². The molecule has 0 unspecified atom stereocenters. The van der Waals surface area contributed by atoms with Crippen LogP contribution in [0.4, 0.5) is 0 Å². The van der Waals surface area contributed by atoms with Crippen LogP contribution in [0.1, 0.15) is 13.8 Å². The van der Waals surface area contributed by atoms with E-state index in [9.17, 15) is 0 Å². The molecule has 1 rings (SSSR count). The zero-order valence-corrected chi connectivity index (χ0v) is 8.54. The van der Waals surface area contributed by atoms with Crippen LogP contribution in [0.2, 0.25) is 0 Å². The molecule has 3 heteroatoms. The van der Waals surface area contributed by atoms with Gasteiger partial charge in [0.2, 0.25) is 0 Å². The number of hydrogen-bond donors (Lipinski definition) is 0. The van der Waals surface area contributed by atoms with Crippen LogP contribution < -0.4 is 0 Å². The van der Waals surface area contributed by atoms with E-state index in [0.29, 0.717) is 0 Å². The fraction of sp³-hybridized carbons (Fsp3) is 0.333. The summed E-state index contributed by atoms with van der Waals surface area (Å²) < 4.78 is 0. The first-order valence-electron chi connectivity index (χ1n) is 2.63. The molecule has 47 valence electrons. The fourth-order valence-corrected chi connectivity index (χ4v) is 0.225. The van der Waals surface area contributed by atoms with E-state index in [1.807, 2.05) is 13.8 Å². The molecule has 1 heterocycles. The van der Waals surface area contributed by atoms with Crippen molar-refractivity contribution in [2.45, 2.75) is 13.8 Å². The largest absolute Gasteiger partial charge is 0.258 e. The molecule has 0 aliphatic rings. The minimum absolute atomic E-state index is 0. The van der Waals surface area contributed by atoms with Gasteiger partial charge in [-0.3, -0.25) is 5.10 Å². The maximum absolute atomic E-state index is 3.50. The van der Waals surface area contributed by atoms with Gasteiger partial charge in [0.05, 0.1) is 0 Å². The Morgan fingerprint density at radius 2 is 1.89 bits per heavy atom. The summed E-state index contributed by atoms with van der Waals surface area (Å²) in [6, 6.07) is 4.42. The van der Waals surface area contributed by atoms with Gasteiger partial charge < -0.3 is 0 Å². The molecule has 0 atom stereocenters. The summed E-state index contributed by atoms with van der Waals surface area (Å²) in [6.07, 6.45) is 3.10. The average Bonchev–Trinajstić information content (AvgIpc) is 1.96. The molecule has 0 saturated carbocycles. The molecular weight excluding hydrogens is 189 g/mol. The molecule has 0 N–H and O–H groups in total. The summed E-state index contributed by atoms with van der Waals surface area (Å²) in [6.45, 7) is 4.00. The van der Waals surface area contributed by atoms with Crippen molar-refractivity contribution in [3.05, 3.63) is 24.5 Å². The van der Waals surface area contributed by atoms with Crippen LogP contribution in [-0.4, -0.2) is 10.2 Å². The minimum atomic E-state index is 0. The maximum atomic E-state index is 3.50. The second-order valence-electron chi connectivity index (χ2n) is 0.842. The van der Waals surface area contributed by atoms with Crippen molar-refractivity contribution >= 4 is 0 Å². The normalized spacial score (nSPS) is 6.00. The minimum Gasteiger partial charge on any atom is -0.258 e. The molecule has 2 nitrogen and oxygen atoms in total. The van der Waals surface area contributed by atoms with E-state index in [2.05, 4.69) is 16.3 Å². The summed E-state index contributed by atoms with van der Waals surface area (Å²) in [7, 11) is 0. The molecule has 0 aromatic carbocycles. The predicted molar refractivity (Wildman–Crippen MR) is 32.2 cm³/mol. The quantitative estimate of drug-likeness (QED) is 0.587. The SMILES string of the molecule is CC.[Y].[c-]1ccnnc1. The summed E-state index contributed by atoms with van der Waals surface area (Å²) >= 11 is 0. The van der Waals surface area contributed by atoms with Gasteiger partial charge >= 0.3 is 0 Å². The molecule has 0 spiro atoms. The summed E-state index contributed by atoms with van der Waals surface area (Å²) in [5, 5.41) is 6.98. The molecule has 0 aliphatic heterocycles. The Bertz CT molecular complexity index is 83.0. The van der Waals surface area contributed by atoms with Gasteiger partial charge in [0.1, 0.15) is 0 Å². The first-order valence-corrected chi connectivity index (χ1v) is 2.63. The predicted octanol–water partition coefficient (Wildman–Crippen LogP) is 1.30. The van der Waals surface area contributed by atoms with Crippen molar-refractivity contribution in [2.75, 3.05) is 0 Å². The Kier molecular flexibility index (Phi) is 14.6. The first kappa shape index (κ1) is 11.9. The van der Waals surface area contributed by atoms with Gasteiger partial charge in [-0.1, -0.05) is 13.8 Å². The van der Waals surface area contributed by atoms with Crippen molar-refractivity contribution in [3.63, 3.8) is 0 Å². The van der Waals surface area contributed by atoms with Gasteiger partial charge in [-0.15, -0.1) is 6.20 Å². The molecule has 9 heavy (non-hydrogen) atoms. The van der Waals surface area contributed by atoms with Crippen molar-refractivity contribution < 1.29 is 32.7 Å². The zero-order valence-electron chi connectivity index (χ0n) is 5.70. The molecule has 1 aromatic rings. The van der Waals surface area contributed by atoms with E-state index in [1.54, 1.807) is 12.3 Å². The van der Waals surface area contributed by atoms with Crippen molar-refractivity contribution in [1.29, 1.82) is 0 Å². The molecule has 0 saturated heterocycles. The number of nitrogens with zero attached hydrogens (tertiary/aromatic N) is 2. The Hall–Kier alpha value is 0.184. The molecule has 0 amide bonds. The van der Waals surface area contributed by atoms with Gasteiger partial charge in [-0.05, 0) is 6.20 Å². The van der Waals surface area contributed by atoms with Crippen molar-refractivity contribution in [1.82, 2.24) is 10.2 Å². The van der Waals surface area contributed by atoms with Crippen LogP contribution in [0, 0.1) is 6.07 Å². The van der Waals surface area contributed by atoms with Gasteiger partial charge in [0, 0.05) is 32.7 Å². The van der Waals surface area contributed by atoms with Crippen molar-refractivity contribution in [2.24, 2.45) is 0 Å². The third kappa shape index (κ3) is 8.18. The van der Waals surface area contributed by atoms with E-state index in [1.165, 1.54) is 6.20 Å². The van der Waals surface area contributed by atoms with Crippen molar-refractivity contribution in [3.8, 4) is 0 Å². The van der Waals surface area contributed by atoms with E-state index >= 15 is 0 Å². The van der Waals surface area contributed by atoms with E-state index in [-0.39, 0.29) is 32.7 Å². The topological polar surface area (TPSA) is 25.8 Å². The second-order valence-corrected chi connectivity index (χ2v) is 0.842. The zero-order chi connectivity index (χ0) is 6.24. The molecule has 0 aliphatic carbocycles. The van der Waals surface area contributed by atoms with Crippen LogP contribution in [0.15, 0.2) is 18.5 Å². The van der Waals surface area contributed by atoms with Crippen LogP contribution in [0.25, 0.3) is 0 Å². The number of hydrogen-bond acceptors (Lipinski definition) is 2. The van der Waals surface area contributed by atoms with Crippen LogP contribution >= 0.6 is 0 Å². The summed E-state index contributed by atoms with van der Waals surface area (Å²) in [4.78, 5) is 0. The maximum Gasteiger partial charge on any atom is 0 e. The Morgan fingerprint density at radius 1 is 1.22 bits per heavy atom. The van der Waals surface area contributed by atoms with E-state index < -0.39 is 0 Å². The van der Waals surface area contributed by atoms with Gasteiger partial charge in [-0.2, -0.15) is 5.10 Å². The monoisotopic (exact) mass is 198 g/mol. The summed E-state index contributed by atoms with van der Waals surface area (Å²) in [5.41, 5.74) is 0. The fourth-order valence-electron chi connectivity index (χ4n) is 0.225. The third-order valence-electron chi connectivity index (χ3n) is 0.436. The Balaban J connectivity index is 0. The molecular formula is C6H9N2Y-. The summed E-state index contributed by atoms with van der Waals surface area (Å²) in [5.74, 6) is 0. The average molecular weight is 198 g/mol. The van der Waals surface area contributed by atoms with E-state index in [0.717, 1.165) is 0 Å². The number of rotatable bonds is 0. The number of aromatic nitrogens is 2. The van der Waals surface area contributed by atoms with Crippen LogP contribution in [0.5, 0.6) is 0 Å². The Labute approximate surface area is 81.0 Å². The first-order chi connectivity index (χ1) is 4.00. The third-order valence-corrected chi connectivity index (χ3v) is 0.436.